The third-order valence-corrected chi connectivity index (χ3v) is 6.71. The number of methoxy groups -OCH3 is 1. The van der Waals surface area contributed by atoms with E-state index in [1.54, 1.807) is 18.1 Å². The molecule has 34 heavy (non-hydrogen) atoms. The second-order valence-corrected chi connectivity index (χ2v) is 9.69. The minimum absolute atomic E-state index is 0.0244. The Morgan fingerprint density at radius 2 is 1.76 bits per heavy atom. The van der Waals surface area contributed by atoms with E-state index in [4.69, 9.17) is 9.47 Å². The molecule has 2 aromatic carbocycles. The van der Waals surface area contributed by atoms with Crippen LogP contribution in [0.3, 0.4) is 0 Å². The van der Waals surface area contributed by atoms with Crippen molar-refractivity contribution in [1.82, 2.24) is 4.90 Å². The molecule has 2 aliphatic rings. The van der Waals surface area contributed by atoms with Gasteiger partial charge in [-0.1, -0.05) is 30.0 Å². The van der Waals surface area contributed by atoms with Crippen LogP contribution >= 0.6 is 11.8 Å². The van der Waals surface area contributed by atoms with Crippen molar-refractivity contribution in [3.05, 3.63) is 64.9 Å². The lowest BCUT2D eigenvalue weighted by Gasteiger charge is -2.29. The number of hydrogen-bond acceptors (Lipinski definition) is 6. The summed E-state index contributed by atoms with van der Waals surface area (Å²) in [6, 6.07) is 13.4. The summed E-state index contributed by atoms with van der Waals surface area (Å²) in [5.74, 6) is 0.553. The molecule has 4 rings (SSSR count). The van der Waals surface area contributed by atoms with Crippen LogP contribution in [0.5, 0.6) is 5.75 Å². The van der Waals surface area contributed by atoms with Gasteiger partial charge in [0.15, 0.2) is 5.17 Å². The molecule has 1 fully saturated rings. The molecule has 0 radical (unpaired) electrons. The van der Waals surface area contributed by atoms with Gasteiger partial charge in [0, 0.05) is 13.1 Å². The summed E-state index contributed by atoms with van der Waals surface area (Å²) < 4.78 is 10.6. The van der Waals surface area contributed by atoms with Crippen LogP contribution in [0.1, 0.15) is 23.6 Å². The highest BCUT2D eigenvalue weighted by Crippen LogP contribution is 2.33. The van der Waals surface area contributed by atoms with Crippen LogP contribution in [0.25, 0.3) is 6.08 Å². The van der Waals surface area contributed by atoms with E-state index in [2.05, 4.69) is 11.1 Å². The van der Waals surface area contributed by atoms with Crippen molar-refractivity contribution in [3.63, 3.8) is 0 Å². The average Bonchev–Trinajstić information content (AvgIpc) is 3.13. The number of nitrogens with zero attached hydrogens (tertiary/aromatic N) is 3. The Balaban J connectivity index is 1.65. The molecule has 2 aliphatic heterocycles. The third-order valence-electron chi connectivity index (χ3n) is 5.67. The Labute approximate surface area is 204 Å². The van der Waals surface area contributed by atoms with Gasteiger partial charge < -0.3 is 14.4 Å². The predicted octanol–water partition coefficient (Wildman–Crippen LogP) is 4.04. The van der Waals surface area contributed by atoms with Gasteiger partial charge in [-0.05, 0) is 67.8 Å². The summed E-state index contributed by atoms with van der Waals surface area (Å²) in [4.78, 5) is 34.6. The number of carbonyl (C=O) groups is 2. The van der Waals surface area contributed by atoms with Gasteiger partial charge in [0.2, 0.25) is 5.91 Å². The van der Waals surface area contributed by atoms with E-state index in [1.165, 1.54) is 11.8 Å². The maximum absolute atomic E-state index is 13.5. The molecular formula is C26H29N3O4S. The van der Waals surface area contributed by atoms with Gasteiger partial charge in [-0.3, -0.25) is 14.5 Å². The number of aliphatic imine (C=N–C) groups is 1. The number of ether oxygens (including phenoxy) is 2. The number of hydrogen-bond donors (Lipinski definition) is 0. The van der Waals surface area contributed by atoms with Crippen molar-refractivity contribution >= 4 is 40.5 Å². The molecule has 0 N–H and O–H groups in total. The molecule has 178 valence electrons. The third kappa shape index (κ3) is 5.34. The number of carbonyl (C=O) groups excluding carboxylic acids is 2. The van der Waals surface area contributed by atoms with E-state index in [9.17, 15) is 9.59 Å². The van der Waals surface area contributed by atoms with Crippen LogP contribution in [-0.4, -0.2) is 60.5 Å². The predicted molar refractivity (Wildman–Crippen MR) is 136 cm³/mol. The Morgan fingerprint density at radius 3 is 2.38 bits per heavy atom. The largest absolute Gasteiger partial charge is 0.497 e. The van der Waals surface area contributed by atoms with Crippen molar-refractivity contribution in [1.29, 1.82) is 0 Å². The van der Waals surface area contributed by atoms with Crippen LogP contribution in [-0.2, 0) is 14.3 Å². The maximum Gasteiger partial charge on any atom is 0.283 e. The molecule has 1 atom stereocenters. The fourth-order valence-corrected chi connectivity index (χ4v) is 5.00. The normalized spacial score (nSPS) is 18.3. The second kappa shape index (κ2) is 10.4. The van der Waals surface area contributed by atoms with Crippen molar-refractivity contribution in [2.24, 2.45) is 4.99 Å². The topological polar surface area (TPSA) is 71.4 Å². The van der Waals surface area contributed by atoms with E-state index in [0.717, 1.165) is 28.1 Å². The minimum Gasteiger partial charge on any atom is -0.497 e. The molecule has 2 aromatic rings. The Morgan fingerprint density at radius 1 is 1.12 bits per heavy atom. The molecule has 0 aliphatic carbocycles. The molecule has 1 unspecified atom stereocenters. The smallest absolute Gasteiger partial charge is 0.283 e. The highest BCUT2D eigenvalue weighted by molar-refractivity contribution is 8.15. The molecule has 8 heteroatoms. The summed E-state index contributed by atoms with van der Waals surface area (Å²) >= 11 is 1.31. The summed E-state index contributed by atoms with van der Waals surface area (Å²) in [6.45, 7) is 8.12. The first kappa shape index (κ1) is 24.0. The van der Waals surface area contributed by atoms with E-state index in [1.807, 2.05) is 62.1 Å². The maximum atomic E-state index is 13.5. The first-order valence-electron chi connectivity index (χ1n) is 11.3. The number of anilines is 1. The standard InChI is InChI=1S/C26H29N3O4S/c1-17-13-18(2)15-21(14-17)29-25(31)23(16-20-5-7-22(32-4)8-6-20)27-26(29)34-19(3)24(30)28-9-11-33-12-10-28/h5-8,13-16,19H,9-12H2,1-4H3/b23-16-. The lowest BCUT2D eigenvalue weighted by atomic mass is 10.1. The summed E-state index contributed by atoms with van der Waals surface area (Å²) in [7, 11) is 1.61. The lowest BCUT2D eigenvalue weighted by molar-refractivity contribution is -0.134. The SMILES string of the molecule is COc1ccc(/C=C2\N=C(SC(C)C(=O)N3CCOCC3)N(c3cc(C)cc(C)c3)C2=O)cc1. The zero-order valence-corrected chi connectivity index (χ0v) is 20.7. The van der Waals surface area contributed by atoms with Gasteiger partial charge in [0.1, 0.15) is 11.4 Å². The Kier molecular flexibility index (Phi) is 7.38. The zero-order valence-electron chi connectivity index (χ0n) is 19.9. The van der Waals surface area contributed by atoms with Gasteiger partial charge in [-0.15, -0.1) is 0 Å². The van der Waals surface area contributed by atoms with E-state index < -0.39 is 5.25 Å². The molecule has 2 amide bonds. The van der Waals surface area contributed by atoms with Crippen LogP contribution < -0.4 is 9.64 Å². The molecular weight excluding hydrogens is 450 g/mol. The quantitative estimate of drug-likeness (QED) is 0.606. The highest BCUT2D eigenvalue weighted by Gasteiger charge is 2.35. The van der Waals surface area contributed by atoms with Crippen LogP contribution in [0.2, 0.25) is 0 Å². The Hall–Kier alpha value is -3.10. The number of morpholine rings is 1. The minimum atomic E-state index is -0.390. The fourth-order valence-electron chi connectivity index (χ4n) is 3.99. The summed E-state index contributed by atoms with van der Waals surface area (Å²) in [5.41, 5.74) is 4.03. The zero-order chi connectivity index (χ0) is 24.2. The molecule has 0 bridgehead atoms. The van der Waals surface area contributed by atoms with Crippen LogP contribution in [0, 0.1) is 13.8 Å². The molecule has 7 nitrogen and oxygen atoms in total. The van der Waals surface area contributed by atoms with Crippen LogP contribution in [0.15, 0.2) is 53.2 Å². The summed E-state index contributed by atoms with van der Waals surface area (Å²) in [6.07, 6.45) is 1.76. The number of thioether (sulfide) groups is 1. The summed E-state index contributed by atoms with van der Waals surface area (Å²) in [5, 5.41) is 0.113. The monoisotopic (exact) mass is 479 g/mol. The van der Waals surface area contributed by atoms with Gasteiger partial charge in [0.25, 0.3) is 5.91 Å². The number of rotatable bonds is 5. The first-order chi connectivity index (χ1) is 16.4. The van der Waals surface area contributed by atoms with Crippen molar-refractivity contribution < 1.29 is 19.1 Å². The number of amidine groups is 1. The van der Waals surface area contributed by atoms with Gasteiger partial charge in [0.05, 0.1) is 31.3 Å². The van der Waals surface area contributed by atoms with E-state index in [-0.39, 0.29) is 11.8 Å². The van der Waals surface area contributed by atoms with Crippen molar-refractivity contribution in [3.8, 4) is 5.75 Å². The molecule has 0 spiro atoms. The molecule has 0 saturated carbocycles. The average molecular weight is 480 g/mol. The van der Waals surface area contributed by atoms with Gasteiger partial charge >= 0.3 is 0 Å². The number of aryl methyl sites for hydroxylation is 2. The number of benzene rings is 2. The second-order valence-electron chi connectivity index (χ2n) is 8.38. The Bertz CT molecular complexity index is 1120. The fraction of sp³-hybridized carbons (Fsp3) is 0.346. The highest BCUT2D eigenvalue weighted by atomic mass is 32.2. The van der Waals surface area contributed by atoms with Crippen molar-refractivity contribution in [2.75, 3.05) is 38.3 Å². The molecule has 1 saturated heterocycles. The number of amides is 2. The van der Waals surface area contributed by atoms with Crippen LogP contribution in [0.4, 0.5) is 5.69 Å². The van der Waals surface area contributed by atoms with Gasteiger partial charge in [-0.2, -0.15) is 0 Å². The first-order valence-corrected chi connectivity index (χ1v) is 12.1. The lowest BCUT2D eigenvalue weighted by Crippen LogP contribution is -2.44. The van der Waals surface area contributed by atoms with E-state index >= 15 is 0 Å². The molecule has 2 heterocycles. The molecule has 0 aromatic heterocycles. The van der Waals surface area contributed by atoms with E-state index in [0.29, 0.717) is 37.2 Å². The van der Waals surface area contributed by atoms with Crippen molar-refractivity contribution in [2.45, 2.75) is 26.0 Å². The van der Waals surface area contributed by atoms with Gasteiger partial charge in [-0.25, -0.2) is 4.99 Å².